The molecule has 0 heterocycles. The lowest BCUT2D eigenvalue weighted by molar-refractivity contribution is 0.102. The van der Waals surface area contributed by atoms with Crippen LogP contribution in [0.3, 0.4) is 0 Å². The summed E-state index contributed by atoms with van der Waals surface area (Å²) in [7, 11) is 1.57. The molecule has 0 saturated heterocycles. The van der Waals surface area contributed by atoms with Gasteiger partial charge in [-0.2, -0.15) is 0 Å². The van der Waals surface area contributed by atoms with Crippen molar-refractivity contribution in [3.63, 3.8) is 0 Å². The number of aryl methyl sites for hydroxylation is 3. The van der Waals surface area contributed by atoms with E-state index in [0.717, 1.165) is 22.4 Å². The standard InChI is InChI=1S/C24H25NO3/c1-16-6-9-19(10-7-16)15-28-22-12-11-20(14-23(22)27-4)24(26)25-21-13-17(2)5-8-18(21)3/h5-14H,15H2,1-4H3,(H,25,26). The van der Waals surface area contributed by atoms with Crippen LogP contribution in [0.1, 0.15) is 32.6 Å². The zero-order valence-corrected chi connectivity index (χ0v) is 16.7. The fourth-order valence-corrected chi connectivity index (χ4v) is 2.84. The molecule has 0 unspecified atom stereocenters. The molecule has 1 amide bonds. The molecule has 144 valence electrons. The van der Waals surface area contributed by atoms with Crippen LogP contribution < -0.4 is 14.8 Å². The minimum absolute atomic E-state index is 0.183. The van der Waals surface area contributed by atoms with Crippen molar-refractivity contribution in [2.45, 2.75) is 27.4 Å². The van der Waals surface area contributed by atoms with E-state index in [-0.39, 0.29) is 5.91 Å². The van der Waals surface area contributed by atoms with Crippen LogP contribution >= 0.6 is 0 Å². The van der Waals surface area contributed by atoms with E-state index in [0.29, 0.717) is 23.7 Å². The highest BCUT2D eigenvalue weighted by Crippen LogP contribution is 2.29. The molecule has 0 fully saturated rings. The molecule has 0 saturated carbocycles. The Labute approximate surface area is 166 Å². The smallest absolute Gasteiger partial charge is 0.255 e. The fourth-order valence-electron chi connectivity index (χ4n) is 2.84. The largest absolute Gasteiger partial charge is 0.493 e. The van der Waals surface area contributed by atoms with Crippen molar-refractivity contribution in [2.24, 2.45) is 0 Å². The first kappa shape index (κ1) is 19.5. The van der Waals surface area contributed by atoms with E-state index in [9.17, 15) is 4.79 Å². The van der Waals surface area contributed by atoms with E-state index in [1.54, 1.807) is 25.3 Å². The van der Waals surface area contributed by atoms with Crippen LogP contribution in [-0.4, -0.2) is 13.0 Å². The van der Waals surface area contributed by atoms with Gasteiger partial charge in [-0.3, -0.25) is 4.79 Å². The van der Waals surface area contributed by atoms with E-state index in [2.05, 4.69) is 24.4 Å². The second-order valence-corrected chi connectivity index (χ2v) is 6.91. The number of anilines is 1. The number of rotatable bonds is 6. The molecule has 0 spiro atoms. The topological polar surface area (TPSA) is 47.6 Å². The number of amides is 1. The van der Waals surface area contributed by atoms with Gasteiger partial charge in [-0.25, -0.2) is 0 Å². The number of hydrogen-bond donors (Lipinski definition) is 1. The Morgan fingerprint density at radius 2 is 1.57 bits per heavy atom. The van der Waals surface area contributed by atoms with Gasteiger partial charge in [0.05, 0.1) is 7.11 Å². The fraction of sp³-hybridized carbons (Fsp3) is 0.208. The predicted octanol–water partition coefficient (Wildman–Crippen LogP) is 5.45. The van der Waals surface area contributed by atoms with Crippen LogP contribution in [-0.2, 0) is 6.61 Å². The normalized spacial score (nSPS) is 10.4. The molecule has 0 atom stereocenters. The highest BCUT2D eigenvalue weighted by molar-refractivity contribution is 6.05. The third-order valence-electron chi connectivity index (χ3n) is 4.58. The van der Waals surface area contributed by atoms with E-state index >= 15 is 0 Å². The molecule has 4 nitrogen and oxygen atoms in total. The maximum Gasteiger partial charge on any atom is 0.255 e. The number of benzene rings is 3. The number of carbonyl (C=O) groups is 1. The second-order valence-electron chi connectivity index (χ2n) is 6.91. The first-order valence-electron chi connectivity index (χ1n) is 9.21. The first-order valence-corrected chi connectivity index (χ1v) is 9.21. The molecule has 3 rings (SSSR count). The van der Waals surface area contributed by atoms with Gasteiger partial charge in [-0.05, 0) is 61.7 Å². The highest BCUT2D eigenvalue weighted by atomic mass is 16.5. The Bertz CT molecular complexity index is 978. The molecule has 0 aliphatic rings. The van der Waals surface area contributed by atoms with Crippen molar-refractivity contribution >= 4 is 11.6 Å². The molecule has 28 heavy (non-hydrogen) atoms. The van der Waals surface area contributed by atoms with Crippen molar-refractivity contribution in [3.8, 4) is 11.5 Å². The highest BCUT2D eigenvalue weighted by Gasteiger charge is 2.13. The van der Waals surface area contributed by atoms with Crippen LogP contribution in [0.5, 0.6) is 11.5 Å². The predicted molar refractivity (Wildman–Crippen MR) is 112 cm³/mol. The van der Waals surface area contributed by atoms with E-state index < -0.39 is 0 Å². The van der Waals surface area contributed by atoms with Crippen LogP contribution in [0.25, 0.3) is 0 Å². The van der Waals surface area contributed by atoms with Gasteiger partial charge < -0.3 is 14.8 Å². The van der Waals surface area contributed by atoms with Crippen molar-refractivity contribution in [3.05, 3.63) is 88.5 Å². The SMILES string of the molecule is COc1cc(C(=O)Nc2cc(C)ccc2C)ccc1OCc1ccc(C)cc1. The van der Waals surface area contributed by atoms with Gasteiger partial charge in [0.25, 0.3) is 5.91 Å². The van der Waals surface area contributed by atoms with Gasteiger partial charge >= 0.3 is 0 Å². The van der Waals surface area contributed by atoms with Gasteiger partial charge in [0, 0.05) is 11.3 Å². The second kappa shape index (κ2) is 8.61. The van der Waals surface area contributed by atoms with Gasteiger partial charge in [-0.1, -0.05) is 42.0 Å². The lowest BCUT2D eigenvalue weighted by atomic mass is 10.1. The average molecular weight is 375 g/mol. The number of methoxy groups -OCH3 is 1. The van der Waals surface area contributed by atoms with Crippen molar-refractivity contribution in [2.75, 3.05) is 12.4 Å². The summed E-state index contributed by atoms with van der Waals surface area (Å²) in [4.78, 5) is 12.7. The summed E-state index contributed by atoms with van der Waals surface area (Å²) in [6.45, 7) is 6.45. The zero-order valence-electron chi connectivity index (χ0n) is 16.7. The molecule has 3 aromatic carbocycles. The lowest BCUT2D eigenvalue weighted by Gasteiger charge is -2.13. The molecular formula is C24H25NO3. The molecule has 4 heteroatoms. The van der Waals surface area contributed by atoms with Crippen LogP contribution in [0.2, 0.25) is 0 Å². The summed E-state index contributed by atoms with van der Waals surface area (Å²) in [5.41, 5.74) is 5.72. The monoisotopic (exact) mass is 375 g/mol. The number of ether oxygens (including phenoxy) is 2. The molecule has 0 aliphatic carbocycles. The van der Waals surface area contributed by atoms with Gasteiger partial charge in [0.2, 0.25) is 0 Å². The van der Waals surface area contributed by atoms with Crippen LogP contribution in [0.15, 0.2) is 60.7 Å². The minimum atomic E-state index is -0.183. The molecule has 0 bridgehead atoms. The van der Waals surface area contributed by atoms with Gasteiger partial charge in [0.1, 0.15) is 6.61 Å². The van der Waals surface area contributed by atoms with E-state index in [1.165, 1.54) is 5.56 Å². The van der Waals surface area contributed by atoms with E-state index in [1.807, 2.05) is 44.2 Å². The Balaban J connectivity index is 1.73. The summed E-state index contributed by atoms with van der Waals surface area (Å²) in [6, 6.07) is 19.4. The van der Waals surface area contributed by atoms with Crippen LogP contribution in [0.4, 0.5) is 5.69 Å². The summed E-state index contributed by atoms with van der Waals surface area (Å²) in [5.74, 6) is 0.948. The summed E-state index contributed by atoms with van der Waals surface area (Å²) in [5, 5.41) is 2.97. The Morgan fingerprint density at radius 3 is 2.29 bits per heavy atom. The zero-order chi connectivity index (χ0) is 20.1. The Kier molecular flexibility index (Phi) is 5.99. The summed E-state index contributed by atoms with van der Waals surface area (Å²) >= 11 is 0. The summed E-state index contributed by atoms with van der Waals surface area (Å²) in [6.07, 6.45) is 0. The first-order chi connectivity index (χ1) is 13.5. The van der Waals surface area contributed by atoms with Crippen LogP contribution in [0, 0.1) is 20.8 Å². The molecule has 0 aliphatic heterocycles. The van der Waals surface area contributed by atoms with E-state index in [4.69, 9.17) is 9.47 Å². The van der Waals surface area contributed by atoms with Gasteiger partial charge in [0.15, 0.2) is 11.5 Å². The lowest BCUT2D eigenvalue weighted by Crippen LogP contribution is -2.13. The minimum Gasteiger partial charge on any atom is -0.493 e. The Morgan fingerprint density at radius 1 is 0.857 bits per heavy atom. The number of hydrogen-bond acceptors (Lipinski definition) is 3. The third kappa shape index (κ3) is 4.71. The Hall–Kier alpha value is -3.27. The molecule has 0 radical (unpaired) electrons. The molecule has 3 aromatic rings. The summed E-state index contributed by atoms with van der Waals surface area (Å²) < 4.78 is 11.3. The maximum absolute atomic E-state index is 12.7. The maximum atomic E-state index is 12.7. The molecule has 0 aromatic heterocycles. The number of carbonyl (C=O) groups excluding carboxylic acids is 1. The van der Waals surface area contributed by atoms with Gasteiger partial charge in [-0.15, -0.1) is 0 Å². The van der Waals surface area contributed by atoms with Crippen molar-refractivity contribution in [1.29, 1.82) is 0 Å². The molecular weight excluding hydrogens is 350 g/mol. The average Bonchev–Trinajstić information content (AvgIpc) is 2.70. The van der Waals surface area contributed by atoms with Crippen molar-refractivity contribution in [1.82, 2.24) is 0 Å². The number of nitrogens with one attached hydrogen (secondary N) is 1. The quantitative estimate of drug-likeness (QED) is 0.623. The van der Waals surface area contributed by atoms with Crippen molar-refractivity contribution < 1.29 is 14.3 Å². The molecule has 1 N–H and O–H groups in total. The third-order valence-corrected chi connectivity index (χ3v) is 4.58.